The largest absolute Gasteiger partial charge is 0.368 e. The van der Waals surface area contributed by atoms with Crippen molar-refractivity contribution in [1.29, 1.82) is 0 Å². The summed E-state index contributed by atoms with van der Waals surface area (Å²) in [6.45, 7) is 1.96. The quantitative estimate of drug-likeness (QED) is 0.253. The highest BCUT2D eigenvalue weighted by molar-refractivity contribution is 5.94. The summed E-state index contributed by atoms with van der Waals surface area (Å²) in [6, 6.07) is 21.3. The Bertz CT molecular complexity index is 1360. The molecule has 4 atom stereocenters. The van der Waals surface area contributed by atoms with Crippen molar-refractivity contribution in [1.82, 2.24) is 16.1 Å². The van der Waals surface area contributed by atoms with Gasteiger partial charge in [0.15, 0.2) is 0 Å². The Labute approximate surface area is 240 Å². The molecule has 3 aromatic carbocycles. The number of nitrogens with two attached hydrogens (primary N) is 1. The summed E-state index contributed by atoms with van der Waals surface area (Å²) in [5.41, 5.74) is 9.78. The van der Waals surface area contributed by atoms with Crippen LogP contribution in [0.1, 0.15) is 50.2 Å². The molecule has 9 heteroatoms. The lowest BCUT2D eigenvalue weighted by Crippen LogP contribution is -2.55. The number of hydroxylamine groups is 1. The molecule has 1 fully saturated rings. The first-order valence-corrected chi connectivity index (χ1v) is 14.2. The number of hydrogen-bond donors (Lipinski definition) is 4. The number of carbonyl (C=O) groups excluding carboxylic acids is 4. The standard InChI is InChI=1S/C32H38N4O5/c1-2-27(29(33)37)34-32(40)28(19-23-15-10-14-22-13-6-7-16-24(22)23)35-30(38)25-17-8-9-18-26(25)31(39)36-41-20-21-11-4-3-5-12-21/h3-7,10-16,25-28H,2,8-9,17-20H2,1H3,(H2,33,37)(H,34,40)(H,35,38)(H,36,39)/t25-,26-,27-,28-/m0/s1. The zero-order valence-electron chi connectivity index (χ0n) is 23.3. The van der Waals surface area contributed by atoms with Gasteiger partial charge in [0.1, 0.15) is 12.1 Å². The van der Waals surface area contributed by atoms with Crippen molar-refractivity contribution in [2.45, 2.75) is 64.1 Å². The highest BCUT2D eigenvalue weighted by atomic mass is 16.6. The van der Waals surface area contributed by atoms with Gasteiger partial charge < -0.3 is 16.4 Å². The Morgan fingerprint density at radius 2 is 1.49 bits per heavy atom. The van der Waals surface area contributed by atoms with E-state index in [0.29, 0.717) is 19.3 Å². The summed E-state index contributed by atoms with van der Waals surface area (Å²) in [6.07, 6.45) is 3.20. The summed E-state index contributed by atoms with van der Waals surface area (Å²) in [7, 11) is 0. The molecule has 0 radical (unpaired) electrons. The van der Waals surface area contributed by atoms with Crippen molar-refractivity contribution >= 4 is 34.4 Å². The Hall–Kier alpha value is -4.24. The van der Waals surface area contributed by atoms with Crippen molar-refractivity contribution in [2.24, 2.45) is 17.6 Å². The maximum atomic E-state index is 13.7. The van der Waals surface area contributed by atoms with Gasteiger partial charge in [-0.05, 0) is 41.2 Å². The lowest BCUT2D eigenvalue weighted by molar-refractivity contribution is -0.146. The molecule has 0 saturated heterocycles. The van der Waals surface area contributed by atoms with Crippen LogP contribution in [0.2, 0.25) is 0 Å². The van der Waals surface area contributed by atoms with E-state index in [1.165, 1.54) is 0 Å². The Kier molecular flexibility index (Phi) is 10.5. The van der Waals surface area contributed by atoms with Gasteiger partial charge in [0.05, 0.1) is 12.5 Å². The zero-order valence-corrected chi connectivity index (χ0v) is 23.3. The fraction of sp³-hybridized carbons (Fsp3) is 0.375. The van der Waals surface area contributed by atoms with Gasteiger partial charge in [0, 0.05) is 12.3 Å². The zero-order chi connectivity index (χ0) is 29.2. The second-order valence-electron chi connectivity index (χ2n) is 10.5. The smallest absolute Gasteiger partial charge is 0.247 e. The highest BCUT2D eigenvalue weighted by Gasteiger charge is 2.38. The van der Waals surface area contributed by atoms with E-state index in [0.717, 1.165) is 34.7 Å². The normalized spacial score (nSPS) is 18.2. The Morgan fingerprint density at radius 1 is 0.829 bits per heavy atom. The first-order valence-electron chi connectivity index (χ1n) is 14.2. The summed E-state index contributed by atoms with van der Waals surface area (Å²) in [5, 5.41) is 7.58. The molecule has 0 unspecified atom stereocenters. The van der Waals surface area contributed by atoms with E-state index in [2.05, 4.69) is 16.1 Å². The van der Waals surface area contributed by atoms with Crippen molar-refractivity contribution in [3.05, 3.63) is 83.9 Å². The minimum absolute atomic E-state index is 0.206. The topological polar surface area (TPSA) is 140 Å². The maximum Gasteiger partial charge on any atom is 0.247 e. The van der Waals surface area contributed by atoms with Gasteiger partial charge in [0.25, 0.3) is 0 Å². The second kappa shape index (κ2) is 14.4. The van der Waals surface area contributed by atoms with Crippen LogP contribution in [0.4, 0.5) is 0 Å². The van der Waals surface area contributed by atoms with Gasteiger partial charge in [-0.3, -0.25) is 24.0 Å². The van der Waals surface area contributed by atoms with Gasteiger partial charge in [-0.2, -0.15) is 0 Å². The predicted octanol–water partition coefficient (Wildman–Crippen LogP) is 3.30. The van der Waals surface area contributed by atoms with Crippen molar-refractivity contribution < 1.29 is 24.0 Å². The molecule has 4 rings (SSSR count). The molecule has 3 aromatic rings. The van der Waals surface area contributed by atoms with Crippen LogP contribution < -0.4 is 21.8 Å². The first-order chi connectivity index (χ1) is 19.9. The molecule has 0 spiro atoms. The van der Waals surface area contributed by atoms with Crippen LogP contribution in [0.5, 0.6) is 0 Å². The van der Waals surface area contributed by atoms with E-state index in [1.807, 2.05) is 72.8 Å². The molecule has 0 bridgehead atoms. The van der Waals surface area contributed by atoms with E-state index in [9.17, 15) is 19.2 Å². The van der Waals surface area contributed by atoms with Gasteiger partial charge in [0.2, 0.25) is 23.6 Å². The van der Waals surface area contributed by atoms with Crippen molar-refractivity contribution in [3.8, 4) is 0 Å². The number of fused-ring (bicyclic) bond motifs is 1. The summed E-state index contributed by atoms with van der Waals surface area (Å²) < 4.78 is 0. The number of hydrogen-bond acceptors (Lipinski definition) is 5. The van der Waals surface area contributed by atoms with E-state index in [4.69, 9.17) is 10.6 Å². The van der Waals surface area contributed by atoms with Crippen LogP contribution in [0.15, 0.2) is 72.8 Å². The van der Waals surface area contributed by atoms with Gasteiger partial charge in [-0.1, -0.05) is 92.6 Å². The first kappa shape index (κ1) is 29.7. The summed E-state index contributed by atoms with van der Waals surface area (Å²) in [5.74, 6) is -3.08. The summed E-state index contributed by atoms with van der Waals surface area (Å²) in [4.78, 5) is 57.5. The third-order valence-corrected chi connectivity index (χ3v) is 7.70. The fourth-order valence-electron chi connectivity index (χ4n) is 5.42. The fourth-order valence-corrected chi connectivity index (χ4v) is 5.42. The van der Waals surface area contributed by atoms with E-state index in [1.54, 1.807) is 6.92 Å². The molecular weight excluding hydrogens is 520 g/mol. The Balaban J connectivity index is 1.49. The predicted molar refractivity (Wildman–Crippen MR) is 156 cm³/mol. The number of rotatable bonds is 12. The monoisotopic (exact) mass is 558 g/mol. The SMILES string of the molecule is CC[C@H](NC(=O)[C@H](Cc1cccc2ccccc12)NC(=O)[C@H]1CCCC[C@@H]1C(=O)NOCc1ccccc1)C(N)=O. The number of primary amides is 1. The molecule has 9 nitrogen and oxygen atoms in total. The second-order valence-corrected chi connectivity index (χ2v) is 10.5. The number of benzene rings is 3. The molecule has 1 aliphatic rings. The molecular formula is C32H38N4O5. The molecule has 0 aromatic heterocycles. The molecule has 216 valence electrons. The van der Waals surface area contributed by atoms with Gasteiger partial charge in [-0.15, -0.1) is 0 Å². The minimum atomic E-state index is -0.971. The average Bonchev–Trinajstić information content (AvgIpc) is 2.99. The average molecular weight is 559 g/mol. The summed E-state index contributed by atoms with van der Waals surface area (Å²) >= 11 is 0. The molecule has 0 aliphatic heterocycles. The molecule has 5 N–H and O–H groups in total. The molecule has 4 amide bonds. The highest BCUT2D eigenvalue weighted by Crippen LogP contribution is 2.31. The van der Waals surface area contributed by atoms with Gasteiger partial charge >= 0.3 is 0 Å². The third kappa shape index (κ3) is 7.91. The maximum absolute atomic E-state index is 13.7. The number of nitrogens with one attached hydrogen (secondary N) is 3. The minimum Gasteiger partial charge on any atom is -0.368 e. The van der Waals surface area contributed by atoms with Crippen LogP contribution in [-0.2, 0) is 37.0 Å². The molecule has 1 saturated carbocycles. The molecule has 41 heavy (non-hydrogen) atoms. The van der Waals surface area contributed by atoms with E-state index >= 15 is 0 Å². The van der Waals surface area contributed by atoms with Crippen molar-refractivity contribution in [2.75, 3.05) is 0 Å². The van der Waals surface area contributed by atoms with Crippen LogP contribution in [0.25, 0.3) is 10.8 Å². The van der Waals surface area contributed by atoms with Crippen molar-refractivity contribution in [3.63, 3.8) is 0 Å². The van der Waals surface area contributed by atoms with E-state index in [-0.39, 0.29) is 24.8 Å². The molecule has 1 aliphatic carbocycles. The van der Waals surface area contributed by atoms with Crippen LogP contribution in [0.3, 0.4) is 0 Å². The lowest BCUT2D eigenvalue weighted by atomic mass is 9.78. The third-order valence-electron chi connectivity index (χ3n) is 7.70. The Morgan fingerprint density at radius 3 is 2.20 bits per heavy atom. The van der Waals surface area contributed by atoms with Crippen LogP contribution in [0, 0.1) is 11.8 Å². The lowest BCUT2D eigenvalue weighted by Gasteiger charge is -2.31. The van der Waals surface area contributed by atoms with Gasteiger partial charge in [-0.25, -0.2) is 5.48 Å². The number of amides is 4. The van der Waals surface area contributed by atoms with E-state index < -0.39 is 35.7 Å². The van der Waals surface area contributed by atoms with Crippen LogP contribution >= 0.6 is 0 Å². The van der Waals surface area contributed by atoms with Crippen LogP contribution in [-0.4, -0.2) is 35.7 Å². The number of carbonyl (C=O) groups is 4. The molecule has 0 heterocycles.